The van der Waals surface area contributed by atoms with Crippen molar-refractivity contribution < 1.29 is 17.9 Å². The second-order valence-corrected chi connectivity index (χ2v) is 6.06. The summed E-state index contributed by atoms with van der Waals surface area (Å²) in [6.07, 6.45) is 0. The van der Waals surface area contributed by atoms with Crippen molar-refractivity contribution >= 4 is 10.0 Å². The number of ether oxygens (including phenoxy) is 2. The first-order valence-electron chi connectivity index (χ1n) is 6.09. The molecule has 1 aliphatic rings. The minimum absolute atomic E-state index is 0.157. The topological polar surface area (TPSA) is 64.6 Å². The first-order chi connectivity index (χ1) is 9.67. The fourth-order valence-corrected chi connectivity index (χ4v) is 3.01. The summed E-state index contributed by atoms with van der Waals surface area (Å²) in [7, 11) is -3.52. The Hall–Kier alpha value is -2.05. The molecule has 1 aliphatic heterocycles. The summed E-state index contributed by atoms with van der Waals surface area (Å²) in [4.78, 5) is 0.241. The summed E-state index contributed by atoms with van der Waals surface area (Å²) in [5.74, 6) is 1.24. The van der Waals surface area contributed by atoms with E-state index in [1.54, 1.807) is 48.5 Å². The van der Waals surface area contributed by atoms with Crippen LogP contribution in [0.5, 0.6) is 11.5 Å². The lowest BCUT2D eigenvalue weighted by Crippen LogP contribution is -2.23. The Balaban J connectivity index is 1.79. The Kier molecular flexibility index (Phi) is 3.33. The lowest BCUT2D eigenvalue weighted by Gasteiger charge is -2.08. The maximum atomic E-state index is 12.1. The molecule has 0 radical (unpaired) electrons. The fraction of sp³-hybridized carbons (Fsp3) is 0.143. The molecule has 0 aliphatic carbocycles. The standard InChI is InChI=1S/C14H13NO4S/c16-20(17,12-6-2-1-3-7-12)15-9-11-5-4-8-13-14(11)19-10-18-13/h1-8,15H,9-10H2. The van der Waals surface area contributed by atoms with Crippen LogP contribution >= 0.6 is 0 Å². The van der Waals surface area contributed by atoms with Crippen molar-refractivity contribution in [1.29, 1.82) is 0 Å². The minimum Gasteiger partial charge on any atom is -0.454 e. The number of para-hydroxylation sites is 1. The first-order valence-corrected chi connectivity index (χ1v) is 7.57. The molecule has 0 fully saturated rings. The van der Waals surface area contributed by atoms with Gasteiger partial charge in [0.05, 0.1) is 4.90 Å². The van der Waals surface area contributed by atoms with Crippen LogP contribution in [0.4, 0.5) is 0 Å². The number of nitrogens with one attached hydrogen (secondary N) is 1. The van der Waals surface area contributed by atoms with Gasteiger partial charge in [0.1, 0.15) is 0 Å². The lowest BCUT2D eigenvalue weighted by atomic mass is 10.2. The van der Waals surface area contributed by atoms with Crippen LogP contribution in [-0.4, -0.2) is 15.2 Å². The molecule has 0 atom stereocenters. The van der Waals surface area contributed by atoms with E-state index in [-0.39, 0.29) is 18.2 Å². The Morgan fingerprint density at radius 3 is 2.60 bits per heavy atom. The van der Waals surface area contributed by atoms with E-state index in [0.29, 0.717) is 11.5 Å². The van der Waals surface area contributed by atoms with Crippen molar-refractivity contribution in [3.63, 3.8) is 0 Å². The second-order valence-electron chi connectivity index (χ2n) is 4.29. The van der Waals surface area contributed by atoms with Crippen molar-refractivity contribution in [1.82, 2.24) is 4.72 Å². The van der Waals surface area contributed by atoms with Crippen LogP contribution in [-0.2, 0) is 16.6 Å². The molecule has 0 aromatic heterocycles. The van der Waals surface area contributed by atoms with Crippen molar-refractivity contribution in [2.24, 2.45) is 0 Å². The van der Waals surface area contributed by atoms with Gasteiger partial charge in [-0.1, -0.05) is 30.3 Å². The highest BCUT2D eigenvalue weighted by Crippen LogP contribution is 2.35. The van der Waals surface area contributed by atoms with Gasteiger partial charge in [0.2, 0.25) is 16.8 Å². The maximum absolute atomic E-state index is 12.1. The molecule has 0 saturated carbocycles. The smallest absolute Gasteiger partial charge is 0.240 e. The quantitative estimate of drug-likeness (QED) is 0.934. The van der Waals surface area contributed by atoms with E-state index in [9.17, 15) is 8.42 Å². The van der Waals surface area contributed by atoms with Gasteiger partial charge in [-0.15, -0.1) is 0 Å². The van der Waals surface area contributed by atoms with Crippen LogP contribution in [0.3, 0.4) is 0 Å². The molecule has 0 amide bonds. The molecular formula is C14H13NO4S. The second kappa shape index (κ2) is 5.15. The summed E-state index contributed by atoms with van der Waals surface area (Å²) in [5.41, 5.74) is 0.750. The Labute approximate surface area is 117 Å². The molecule has 3 rings (SSSR count). The molecule has 1 heterocycles. The number of benzene rings is 2. The summed E-state index contributed by atoms with van der Waals surface area (Å²) in [6.45, 7) is 0.321. The highest BCUT2D eigenvalue weighted by molar-refractivity contribution is 7.89. The molecule has 2 aromatic carbocycles. The summed E-state index contributed by atoms with van der Waals surface area (Å²) in [5, 5.41) is 0. The van der Waals surface area contributed by atoms with Gasteiger partial charge in [-0.2, -0.15) is 0 Å². The maximum Gasteiger partial charge on any atom is 0.240 e. The van der Waals surface area contributed by atoms with Crippen molar-refractivity contribution in [2.75, 3.05) is 6.79 Å². The third-order valence-electron chi connectivity index (χ3n) is 2.98. The zero-order chi connectivity index (χ0) is 14.0. The molecule has 1 N–H and O–H groups in total. The number of sulfonamides is 1. The zero-order valence-electron chi connectivity index (χ0n) is 10.6. The molecule has 0 spiro atoms. The van der Waals surface area contributed by atoms with Crippen molar-refractivity contribution in [3.8, 4) is 11.5 Å². The molecule has 104 valence electrons. The molecule has 2 aromatic rings. The molecule has 0 bridgehead atoms. The molecule has 6 heteroatoms. The highest BCUT2D eigenvalue weighted by Gasteiger charge is 2.19. The van der Waals surface area contributed by atoms with Crippen molar-refractivity contribution in [2.45, 2.75) is 11.4 Å². The van der Waals surface area contributed by atoms with E-state index in [0.717, 1.165) is 5.56 Å². The normalized spacial score (nSPS) is 13.4. The average molecular weight is 291 g/mol. The predicted molar refractivity (Wildman–Crippen MR) is 73.0 cm³/mol. The van der Waals surface area contributed by atoms with Crippen LogP contribution in [0.2, 0.25) is 0 Å². The Morgan fingerprint density at radius 2 is 1.80 bits per heavy atom. The van der Waals surface area contributed by atoms with Gasteiger partial charge in [-0.3, -0.25) is 0 Å². The highest BCUT2D eigenvalue weighted by atomic mass is 32.2. The lowest BCUT2D eigenvalue weighted by molar-refractivity contribution is 0.173. The Bertz CT molecular complexity index is 713. The molecule has 20 heavy (non-hydrogen) atoms. The third kappa shape index (κ3) is 2.48. The average Bonchev–Trinajstić information content (AvgIpc) is 2.95. The van der Waals surface area contributed by atoms with Gasteiger partial charge in [-0.05, 0) is 18.2 Å². The van der Waals surface area contributed by atoms with E-state index >= 15 is 0 Å². The Morgan fingerprint density at radius 1 is 1.00 bits per heavy atom. The van der Waals surface area contributed by atoms with E-state index in [4.69, 9.17) is 9.47 Å². The molecule has 0 unspecified atom stereocenters. The van der Waals surface area contributed by atoms with Crippen LogP contribution in [0.1, 0.15) is 5.56 Å². The van der Waals surface area contributed by atoms with E-state index in [2.05, 4.69) is 4.72 Å². The summed E-state index contributed by atoms with van der Waals surface area (Å²) < 4.78 is 37.4. The van der Waals surface area contributed by atoms with Crippen LogP contribution in [0, 0.1) is 0 Å². The van der Waals surface area contributed by atoms with Crippen LogP contribution in [0.25, 0.3) is 0 Å². The predicted octanol–water partition coefficient (Wildman–Crippen LogP) is 1.89. The van der Waals surface area contributed by atoms with Gasteiger partial charge in [0.15, 0.2) is 11.5 Å². The zero-order valence-corrected chi connectivity index (χ0v) is 11.4. The van der Waals surface area contributed by atoms with Gasteiger partial charge in [-0.25, -0.2) is 13.1 Å². The third-order valence-corrected chi connectivity index (χ3v) is 4.40. The number of rotatable bonds is 4. The molecule has 5 nitrogen and oxygen atoms in total. The van der Waals surface area contributed by atoms with Crippen molar-refractivity contribution in [3.05, 3.63) is 54.1 Å². The summed E-state index contributed by atoms with van der Waals surface area (Å²) >= 11 is 0. The van der Waals surface area contributed by atoms with Gasteiger partial charge < -0.3 is 9.47 Å². The van der Waals surface area contributed by atoms with E-state index < -0.39 is 10.0 Å². The minimum atomic E-state index is -3.52. The number of fused-ring (bicyclic) bond motifs is 1. The fourth-order valence-electron chi connectivity index (χ4n) is 1.99. The first kappa shape index (κ1) is 13.0. The number of hydrogen-bond acceptors (Lipinski definition) is 4. The molecule has 0 saturated heterocycles. The van der Waals surface area contributed by atoms with Crippen LogP contribution in [0.15, 0.2) is 53.4 Å². The van der Waals surface area contributed by atoms with E-state index in [1.807, 2.05) is 0 Å². The number of hydrogen-bond donors (Lipinski definition) is 1. The van der Waals surface area contributed by atoms with Gasteiger partial charge in [0, 0.05) is 12.1 Å². The SMILES string of the molecule is O=S(=O)(NCc1cccc2c1OCO2)c1ccccc1. The monoisotopic (exact) mass is 291 g/mol. The summed E-state index contributed by atoms with van der Waals surface area (Å²) in [6, 6.07) is 13.7. The van der Waals surface area contributed by atoms with Crippen LogP contribution < -0.4 is 14.2 Å². The van der Waals surface area contributed by atoms with E-state index in [1.165, 1.54) is 0 Å². The van der Waals surface area contributed by atoms with Gasteiger partial charge in [0.25, 0.3) is 0 Å². The molecular weight excluding hydrogens is 278 g/mol. The van der Waals surface area contributed by atoms with Gasteiger partial charge >= 0.3 is 0 Å². The largest absolute Gasteiger partial charge is 0.454 e.